The molecule has 1 aromatic heterocycles. The average molecular weight is 488 g/mol. The molecule has 7 nitrogen and oxygen atoms in total. The molecule has 1 aliphatic rings. The van der Waals surface area contributed by atoms with Crippen LogP contribution < -0.4 is 9.64 Å². The van der Waals surface area contributed by atoms with Gasteiger partial charge in [0.15, 0.2) is 6.61 Å². The fourth-order valence-corrected chi connectivity index (χ4v) is 5.88. The SMILES string of the molecule is CCN(CC)S(=O)(=O)c1ccc2c(c1)CCCN2C(=O)COc1ccc(Cl)c2cccnc12. The van der Waals surface area contributed by atoms with Crippen molar-refractivity contribution in [1.29, 1.82) is 0 Å². The molecule has 174 valence electrons. The van der Waals surface area contributed by atoms with Gasteiger partial charge in [-0.15, -0.1) is 0 Å². The van der Waals surface area contributed by atoms with Crippen molar-refractivity contribution in [2.24, 2.45) is 0 Å². The second-order valence-electron chi connectivity index (χ2n) is 7.76. The van der Waals surface area contributed by atoms with Crippen molar-refractivity contribution in [2.75, 3.05) is 31.1 Å². The van der Waals surface area contributed by atoms with Crippen molar-refractivity contribution in [3.05, 3.63) is 59.2 Å². The van der Waals surface area contributed by atoms with Gasteiger partial charge in [-0.25, -0.2) is 8.42 Å². The monoisotopic (exact) mass is 487 g/mol. The fraction of sp³-hybridized carbons (Fsp3) is 0.333. The minimum absolute atomic E-state index is 0.160. The number of amides is 1. The summed E-state index contributed by atoms with van der Waals surface area (Å²) in [6, 6.07) is 12.1. The van der Waals surface area contributed by atoms with Crippen LogP contribution in [0, 0.1) is 0 Å². The van der Waals surface area contributed by atoms with Gasteiger partial charge in [0.2, 0.25) is 10.0 Å². The maximum absolute atomic E-state index is 13.0. The van der Waals surface area contributed by atoms with E-state index in [1.165, 1.54) is 4.31 Å². The maximum Gasteiger partial charge on any atom is 0.264 e. The van der Waals surface area contributed by atoms with Gasteiger partial charge in [-0.1, -0.05) is 25.4 Å². The van der Waals surface area contributed by atoms with Crippen LogP contribution in [-0.4, -0.2) is 49.9 Å². The molecule has 0 saturated carbocycles. The fourth-order valence-electron chi connectivity index (χ4n) is 4.15. The summed E-state index contributed by atoms with van der Waals surface area (Å²) in [5.74, 6) is 0.288. The Hall–Kier alpha value is -2.68. The van der Waals surface area contributed by atoms with Crippen LogP contribution >= 0.6 is 11.6 Å². The number of anilines is 1. The number of hydrogen-bond acceptors (Lipinski definition) is 5. The minimum atomic E-state index is -3.56. The van der Waals surface area contributed by atoms with Gasteiger partial charge in [-0.2, -0.15) is 4.31 Å². The lowest BCUT2D eigenvalue weighted by atomic mass is 10.0. The predicted octanol–water partition coefficient (Wildman–Crippen LogP) is 4.28. The van der Waals surface area contributed by atoms with Crippen LogP contribution in [0.3, 0.4) is 0 Å². The Bertz CT molecular complexity index is 1290. The molecule has 33 heavy (non-hydrogen) atoms. The van der Waals surface area contributed by atoms with Crippen molar-refractivity contribution in [3.63, 3.8) is 0 Å². The van der Waals surface area contributed by atoms with E-state index in [-0.39, 0.29) is 17.4 Å². The smallest absolute Gasteiger partial charge is 0.264 e. The molecule has 0 atom stereocenters. The average Bonchev–Trinajstić information content (AvgIpc) is 2.83. The van der Waals surface area contributed by atoms with Crippen LogP contribution in [0.25, 0.3) is 10.9 Å². The normalized spacial score (nSPS) is 13.9. The minimum Gasteiger partial charge on any atom is -0.481 e. The van der Waals surface area contributed by atoms with Crippen LogP contribution in [0.5, 0.6) is 5.75 Å². The summed E-state index contributed by atoms with van der Waals surface area (Å²) in [6.45, 7) is 4.85. The number of ether oxygens (including phenoxy) is 1. The van der Waals surface area contributed by atoms with Crippen LogP contribution in [-0.2, 0) is 21.2 Å². The van der Waals surface area contributed by atoms with Gasteiger partial charge in [0, 0.05) is 36.9 Å². The Morgan fingerprint density at radius 3 is 2.73 bits per heavy atom. The Labute approximate surface area is 199 Å². The first kappa shape index (κ1) is 23.5. The van der Waals surface area contributed by atoms with Gasteiger partial charge >= 0.3 is 0 Å². The molecule has 0 radical (unpaired) electrons. The van der Waals surface area contributed by atoms with E-state index in [9.17, 15) is 13.2 Å². The molecular formula is C24H26ClN3O4S. The summed E-state index contributed by atoms with van der Waals surface area (Å²) in [5, 5.41) is 1.33. The third-order valence-corrected chi connectivity index (χ3v) is 8.22. The highest BCUT2D eigenvalue weighted by atomic mass is 35.5. The summed E-state index contributed by atoms with van der Waals surface area (Å²) < 4.78 is 33.0. The highest BCUT2D eigenvalue weighted by Gasteiger charge is 2.27. The van der Waals surface area contributed by atoms with E-state index in [2.05, 4.69) is 4.98 Å². The van der Waals surface area contributed by atoms with E-state index >= 15 is 0 Å². The standard InChI is InChI=1S/C24H26ClN3O4S/c1-3-27(4-2)33(30,31)18-9-11-21-17(15-18)7-6-14-28(21)23(29)16-32-22-12-10-20(25)19-8-5-13-26-24(19)22/h5,8-13,15H,3-4,6-7,14,16H2,1-2H3. The zero-order valence-electron chi connectivity index (χ0n) is 18.6. The molecule has 0 spiro atoms. The predicted molar refractivity (Wildman–Crippen MR) is 129 cm³/mol. The second kappa shape index (κ2) is 9.67. The zero-order chi connectivity index (χ0) is 23.6. The second-order valence-corrected chi connectivity index (χ2v) is 10.1. The number of carbonyl (C=O) groups is 1. The Morgan fingerprint density at radius 2 is 1.97 bits per heavy atom. The topological polar surface area (TPSA) is 79.8 Å². The van der Waals surface area contributed by atoms with E-state index < -0.39 is 10.0 Å². The number of pyridine rings is 1. The molecule has 3 aromatic rings. The van der Waals surface area contributed by atoms with Crippen LogP contribution in [0.1, 0.15) is 25.8 Å². The van der Waals surface area contributed by atoms with Crippen LogP contribution in [0.15, 0.2) is 53.6 Å². The van der Waals surface area contributed by atoms with Crippen molar-refractivity contribution in [3.8, 4) is 5.75 Å². The molecule has 0 N–H and O–H groups in total. The van der Waals surface area contributed by atoms with E-state index in [0.717, 1.165) is 23.1 Å². The molecule has 0 bridgehead atoms. The van der Waals surface area contributed by atoms with Crippen molar-refractivity contribution >= 4 is 44.1 Å². The molecule has 0 fully saturated rings. The molecule has 0 saturated heterocycles. The molecule has 0 aliphatic carbocycles. The molecule has 9 heteroatoms. The van der Waals surface area contributed by atoms with Crippen molar-refractivity contribution in [1.82, 2.24) is 9.29 Å². The summed E-state index contributed by atoms with van der Waals surface area (Å²) in [5.41, 5.74) is 2.18. The van der Waals surface area contributed by atoms with Gasteiger partial charge in [0.25, 0.3) is 5.91 Å². The summed E-state index contributed by atoms with van der Waals surface area (Å²) >= 11 is 6.24. The first-order valence-corrected chi connectivity index (χ1v) is 12.8. The van der Waals surface area contributed by atoms with E-state index in [4.69, 9.17) is 16.3 Å². The highest BCUT2D eigenvalue weighted by molar-refractivity contribution is 7.89. The van der Waals surface area contributed by atoms with Gasteiger partial charge < -0.3 is 9.64 Å². The molecule has 4 rings (SSSR count). The molecular weight excluding hydrogens is 462 g/mol. The number of hydrogen-bond donors (Lipinski definition) is 0. The number of sulfonamides is 1. The first-order chi connectivity index (χ1) is 15.9. The Kier molecular flexibility index (Phi) is 6.88. The van der Waals surface area contributed by atoms with Crippen molar-refractivity contribution < 1.29 is 17.9 Å². The Balaban J connectivity index is 1.55. The first-order valence-electron chi connectivity index (χ1n) is 11.0. The van der Waals surface area contributed by atoms with Gasteiger partial charge in [0.05, 0.1) is 9.92 Å². The lowest BCUT2D eigenvalue weighted by molar-refractivity contribution is -0.120. The quantitative estimate of drug-likeness (QED) is 0.497. The molecule has 1 amide bonds. The number of benzene rings is 2. The van der Waals surface area contributed by atoms with Gasteiger partial charge in [-0.3, -0.25) is 9.78 Å². The number of halogens is 1. The molecule has 2 heterocycles. The Morgan fingerprint density at radius 1 is 1.18 bits per heavy atom. The van der Waals surface area contributed by atoms with Crippen LogP contribution in [0.2, 0.25) is 5.02 Å². The summed E-state index contributed by atoms with van der Waals surface area (Å²) in [4.78, 5) is 19.3. The molecule has 1 aliphatic heterocycles. The zero-order valence-corrected chi connectivity index (χ0v) is 20.2. The van der Waals surface area contributed by atoms with Gasteiger partial charge in [0.1, 0.15) is 11.3 Å². The third-order valence-electron chi connectivity index (χ3n) is 5.84. The number of aromatic nitrogens is 1. The number of carbonyl (C=O) groups excluding carboxylic acids is 1. The summed E-state index contributed by atoms with van der Waals surface area (Å²) in [6.07, 6.45) is 3.12. The van der Waals surface area contributed by atoms with Crippen LogP contribution in [0.4, 0.5) is 5.69 Å². The maximum atomic E-state index is 13.0. The van der Waals surface area contributed by atoms with Crippen molar-refractivity contribution in [2.45, 2.75) is 31.6 Å². The number of aryl methyl sites for hydroxylation is 1. The number of rotatable bonds is 7. The third kappa shape index (κ3) is 4.55. The summed E-state index contributed by atoms with van der Waals surface area (Å²) in [7, 11) is -3.56. The number of fused-ring (bicyclic) bond motifs is 2. The highest BCUT2D eigenvalue weighted by Crippen LogP contribution is 2.32. The van der Waals surface area contributed by atoms with Gasteiger partial charge in [-0.05, 0) is 60.9 Å². The lowest BCUT2D eigenvalue weighted by Crippen LogP contribution is -2.39. The van der Waals surface area contributed by atoms with E-state index in [1.54, 1.807) is 47.5 Å². The largest absolute Gasteiger partial charge is 0.481 e. The number of nitrogens with zero attached hydrogens (tertiary/aromatic N) is 3. The lowest BCUT2D eigenvalue weighted by Gasteiger charge is -2.30. The molecule has 2 aromatic carbocycles. The van der Waals surface area contributed by atoms with E-state index in [1.807, 2.05) is 19.9 Å². The molecule has 0 unspecified atom stereocenters. The van der Waals surface area contributed by atoms with E-state index in [0.29, 0.717) is 42.3 Å².